The lowest BCUT2D eigenvalue weighted by Crippen LogP contribution is -2.35. The zero-order chi connectivity index (χ0) is 12.1. The molecule has 0 spiro atoms. The van der Waals surface area contributed by atoms with E-state index < -0.39 is 18.6 Å². The molecule has 1 aromatic carbocycles. The van der Waals surface area contributed by atoms with Crippen LogP contribution in [0.25, 0.3) is 0 Å². The standard InChI is InChI=1S/C10H10ClNO4/c1-16-10(15)12(6-9(13)14)8-5-3-2-4-7(8)11/h2-5H,6H2,1H3,(H,13,14). The van der Waals surface area contributed by atoms with Crippen molar-refractivity contribution in [2.75, 3.05) is 18.6 Å². The maximum Gasteiger partial charge on any atom is 0.414 e. The molecule has 0 fully saturated rings. The summed E-state index contributed by atoms with van der Waals surface area (Å²) in [6.07, 6.45) is -0.768. The Hall–Kier alpha value is -1.75. The van der Waals surface area contributed by atoms with Crippen molar-refractivity contribution in [1.82, 2.24) is 0 Å². The number of carbonyl (C=O) groups excluding carboxylic acids is 1. The molecule has 0 unspecified atom stereocenters. The van der Waals surface area contributed by atoms with Gasteiger partial charge in [0.15, 0.2) is 0 Å². The molecule has 0 aliphatic heterocycles. The molecule has 0 saturated carbocycles. The molecule has 1 amide bonds. The lowest BCUT2D eigenvalue weighted by molar-refractivity contribution is -0.135. The van der Waals surface area contributed by atoms with Crippen molar-refractivity contribution in [3.05, 3.63) is 29.3 Å². The van der Waals surface area contributed by atoms with E-state index in [1.54, 1.807) is 24.3 Å². The molecule has 0 aliphatic carbocycles. The molecule has 0 radical (unpaired) electrons. The number of anilines is 1. The van der Waals surface area contributed by atoms with Crippen LogP contribution in [-0.4, -0.2) is 30.8 Å². The number of ether oxygens (including phenoxy) is 1. The van der Waals surface area contributed by atoms with Gasteiger partial charge in [0.1, 0.15) is 6.54 Å². The van der Waals surface area contributed by atoms with Crippen molar-refractivity contribution in [3.63, 3.8) is 0 Å². The molecule has 0 aromatic heterocycles. The molecule has 86 valence electrons. The molecule has 0 saturated heterocycles. The number of halogens is 1. The summed E-state index contributed by atoms with van der Waals surface area (Å²) in [6, 6.07) is 6.44. The predicted molar refractivity (Wildman–Crippen MR) is 58.8 cm³/mol. The molecule has 0 atom stereocenters. The number of carboxylic acid groups (broad SMARTS) is 1. The minimum Gasteiger partial charge on any atom is -0.480 e. The Morgan fingerprint density at radius 1 is 1.44 bits per heavy atom. The van der Waals surface area contributed by atoms with E-state index in [4.69, 9.17) is 16.7 Å². The Morgan fingerprint density at radius 3 is 2.56 bits per heavy atom. The van der Waals surface area contributed by atoms with Crippen LogP contribution in [-0.2, 0) is 9.53 Å². The molecule has 1 aromatic rings. The van der Waals surface area contributed by atoms with Crippen molar-refractivity contribution in [2.24, 2.45) is 0 Å². The van der Waals surface area contributed by atoms with Gasteiger partial charge in [0.2, 0.25) is 0 Å². The fourth-order valence-corrected chi connectivity index (χ4v) is 1.40. The number of rotatable bonds is 3. The van der Waals surface area contributed by atoms with Gasteiger partial charge in [-0.3, -0.25) is 9.69 Å². The summed E-state index contributed by atoms with van der Waals surface area (Å²) < 4.78 is 4.49. The summed E-state index contributed by atoms with van der Waals surface area (Å²) in [5.74, 6) is -1.15. The van der Waals surface area contributed by atoms with Gasteiger partial charge in [-0.15, -0.1) is 0 Å². The fraction of sp³-hybridized carbons (Fsp3) is 0.200. The van der Waals surface area contributed by atoms with E-state index in [0.717, 1.165) is 4.90 Å². The summed E-state index contributed by atoms with van der Waals surface area (Å²) in [7, 11) is 1.17. The Labute approximate surface area is 97.2 Å². The molecular formula is C10H10ClNO4. The van der Waals surface area contributed by atoms with Gasteiger partial charge in [-0.2, -0.15) is 0 Å². The Balaban J connectivity index is 3.06. The third-order valence-corrected chi connectivity index (χ3v) is 2.15. The third kappa shape index (κ3) is 2.87. The molecule has 0 heterocycles. The van der Waals surface area contributed by atoms with E-state index in [-0.39, 0.29) is 5.02 Å². The Morgan fingerprint density at radius 2 is 2.06 bits per heavy atom. The quantitative estimate of drug-likeness (QED) is 0.882. The van der Waals surface area contributed by atoms with Crippen LogP contribution in [0.3, 0.4) is 0 Å². The van der Waals surface area contributed by atoms with Crippen LogP contribution < -0.4 is 4.90 Å². The number of nitrogens with zero attached hydrogens (tertiary/aromatic N) is 1. The molecule has 16 heavy (non-hydrogen) atoms. The van der Waals surface area contributed by atoms with Crippen LogP contribution in [0.15, 0.2) is 24.3 Å². The zero-order valence-electron chi connectivity index (χ0n) is 8.51. The minimum absolute atomic E-state index is 0.286. The number of amides is 1. The number of hydrogen-bond acceptors (Lipinski definition) is 3. The minimum atomic E-state index is -1.15. The highest BCUT2D eigenvalue weighted by molar-refractivity contribution is 6.33. The Bertz CT molecular complexity index is 408. The van der Waals surface area contributed by atoms with E-state index in [1.807, 2.05) is 0 Å². The van der Waals surface area contributed by atoms with E-state index in [2.05, 4.69) is 4.74 Å². The summed E-state index contributed by atoms with van der Waals surface area (Å²) >= 11 is 5.86. The van der Waals surface area contributed by atoms with Gasteiger partial charge < -0.3 is 9.84 Å². The van der Waals surface area contributed by atoms with Crippen LogP contribution >= 0.6 is 11.6 Å². The number of carboxylic acids is 1. The highest BCUT2D eigenvalue weighted by Crippen LogP contribution is 2.25. The predicted octanol–water partition coefficient (Wildman–Crippen LogP) is 2.00. The molecule has 0 bridgehead atoms. The number of benzene rings is 1. The average molecular weight is 244 g/mol. The molecule has 6 heteroatoms. The SMILES string of the molecule is COC(=O)N(CC(=O)O)c1ccccc1Cl. The summed E-state index contributed by atoms with van der Waals surface area (Å²) in [6.45, 7) is -0.504. The first-order valence-electron chi connectivity index (χ1n) is 4.38. The highest BCUT2D eigenvalue weighted by atomic mass is 35.5. The normalized spacial score (nSPS) is 9.62. The van der Waals surface area contributed by atoms with Crippen LogP contribution in [0.4, 0.5) is 10.5 Å². The Kier molecular flexibility index (Phi) is 4.13. The second-order valence-electron chi connectivity index (χ2n) is 2.90. The highest BCUT2D eigenvalue weighted by Gasteiger charge is 2.21. The van der Waals surface area contributed by atoms with E-state index in [1.165, 1.54) is 7.11 Å². The second kappa shape index (κ2) is 5.37. The van der Waals surface area contributed by atoms with Gasteiger partial charge in [-0.05, 0) is 12.1 Å². The summed E-state index contributed by atoms with van der Waals surface area (Å²) in [5.41, 5.74) is 0.304. The number of carbonyl (C=O) groups is 2. The van der Waals surface area contributed by atoms with E-state index in [9.17, 15) is 9.59 Å². The zero-order valence-corrected chi connectivity index (χ0v) is 9.27. The molecule has 5 nitrogen and oxygen atoms in total. The van der Waals surface area contributed by atoms with Crippen molar-refractivity contribution >= 4 is 29.4 Å². The van der Waals surface area contributed by atoms with Gasteiger partial charge in [0.25, 0.3) is 0 Å². The van der Waals surface area contributed by atoms with Crippen LogP contribution in [0, 0.1) is 0 Å². The number of aliphatic carboxylic acids is 1. The maximum absolute atomic E-state index is 11.4. The summed E-state index contributed by atoms with van der Waals surface area (Å²) in [5, 5.41) is 8.97. The maximum atomic E-state index is 11.4. The van der Waals surface area contributed by atoms with Crippen LogP contribution in [0.2, 0.25) is 5.02 Å². The number of para-hydroxylation sites is 1. The van der Waals surface area contributed by atoms with Gasteiger partial charge in [-0.25, -0.2) is 4.79 Å². The first kappa shape index (κ1) is 12.3. The van der Waals surface area contributed by atoms with Gasteiger partial charge in [0.05, 0.1) is 17.8 Å². The fourth-order valence-electron chi connectivity index (χ4n) is 1.16. The van der Waals surface area contributed by atoms with Gasteiger partial charge in [0, 0.05) is 0 Å². The van der Waals surface area contributed by atoms with Gasteiger partial charge in [-0.1, -0.05) is 23.7 Å². The first-order chi connectivity index (χ1) is 7.56. The van der Waals surface area contributed by atoms with Crippen LogP contribution in [0.1, 0.15) is 0 Å². The van der Waals surface area contributed by atoms with Crippen molar-refractivity contribution in [1.29, 1.82) is 0 Å². The third-order valence-electron chi connectivity index (χ3n) is 1.83. The van der Waals surface area contributed by atoms with E-state index >= 15 is 0 Å². The van der Waals surface area contributed by atoms with Crippen LogP contribution in [0.5, 0.6) is 0 Å². The second-order valence-corrected chi connectivity index (χ2v) is 3.31. The van der Waals surface area contributed by atoms with Gasteiger partial charge >= 0.3 is 12.1 Å². The van der Waals surface area contributed by atoms with Crippen molar-refractivity contribution in [3.8, 4) is 0 Å². The largest absolute Gasteiger partial charge is 0.480 e. The molecular weight excluding hydrogens is 234 g/mol. The van der Waals surface area contributed by atoms with Crippen molar-refractivity contribution < 1.29 is 19.4 Å². The molecule has 1 N–H and O–H groups in total. The lowest BCUT2D eigenvalue weighted by Gasteiger charge is -2.19. The number of hydrogen-bond donors (Lipinski definition) is 1. The summed E-state index contributed by atoms with van der Waals surface area (Å²) in [4.78, 5) is 23.0. The smallest absolute Gasteiger partial charge is 0.414 e. The topological polar surface area (TPSA) is 66.8 Å². The molecule has 0 aliphatic rings. The first-order valence-corrected chi connectivity index (χ1v) is 4.76. The molecule has 1 rings (SSSR count). The van der Waals surface area contributed by atoms with E-state index in [0.29, 0.717) is 5.69 Å². The number of methoxy groups -OCH3 is 1. The van der Waals surface area contributed by atoms with Crippen molar-refractivity contribution in [2.45, 2.75) is 0 Å². The lowest BCUT2D eigenvalue weighted by atomic mass is 10.3. The monoisotopic (exact) mass is 243 g/mol. The average Bonchev–Trinajstić information content (AvgIpc) is 2.26.